The topological polar surface area (TPSA) is 75.7 Å². The van der Waals surface area contributed by atoms with Gasteiger partial charge in [0.1, 0.15) is 11.5 Å². The van der Waals surface area contributed by atoms with Crippen molar-refractivity contribution in [3.05, 3.63) is 47.8 Å². The molecular formula is C18H24N2O4. The molecule has 2 aromatic rings. The molecule has 0 aliphatic rings. The third kappa shape index (κ3) is 5.01. The monoisotopic (exact) mass is 332 g/mol. The van der Waals surface area contributed by atoms with Crippen molar-refractivity contribution in [3.63, 3.8) is 0 Å². The first-order valence-corrected chi connectivity index (χ1v) is 7.93. The number of hydrogen-bond acceptors (Lipinski definition) is 4. The molecule has 0 aromatic carbocycles. The Bertz CT molecular complexity index is 680. The molecule has 2 heterocycles. The van der Waals surface area contributed by atoms with Crippen LogP contribution in [0, 0.1) is 6.92 Å². The molecule has 0 saturated carbocycles. The van der Waals surface area contributed by atoms with E-state index in [0.717, 1.165) is 0 Å². The van der Waals surface area contributed by atoms with E-state index in [9.17, 15) is 9.59 Å². The lowest BCUT2D eigenvalue weighted by Gasteiger charge is -2.24. The Morgan fingerprint density at radius 1 is 1.17 bits per heavy atom. The molecule has 0 atom stereocenters. The molecule has 2 amide bonds. The predicted octanol–water partition coefficient (Wildman–Crippen LogP) is 3.13. The number of carbonyl (C=O) groups excluding carboxylic acids is 2. The van der Waals surface area contributed by atoms with Crippen molar-refractivity contribution in [3.8, 4) is 0 Å². The summed E-state index contributed by atoms with van der Waals surface area (Å²) >= 11 is 0. The van der Waals surface area contributed by atoms with Gasteiger partial charge in [-0.1, -0.05) is 0 Å². The van der Waals surface area contributed by atoms with E-state index in [1.54, 1.807) is 36.3 Å². The van der Waals surface area contributed by atoms with Gasteiger partial charge in [0.2, 0.25) is 5.91 Å². The lowest BCUT2D eigenvalue weighted by Crippen LogP contribution is -2.42. The lowest BCUT2D eigenvalue weighted by atomic mass is 10.1. The summed E-state index contributed by atoms with van der Waals surface area (Å²) in [5.74, 6) is 0.953. The highest BCUT2D eigenvalue weighted by Crippen LogP contribution is 2.15. The maximum atomic E-state index is 12.7. The number of rotatable bonds is 6. The van der Waals surface area contributed by atoms with Gasteiger partial charge in [-0.2, -0.15) is 0 Å². The molecule has 6 nitrogen and oxygen atoms in total. The number of carbonyl (C=O) groups is 2. The third-order valence-corrected chi connectivity index (χ3v) is 3.43. The van der Waals surface area contributed by atoms with Gasteiger partial charge in [-0.25, -0.2) is 0 Å². The summed E-state index contributed by atoms with van der Waals surface area (Å²) in [7, 11) is 0. The third-order valence-electron chi connectivity index (χ3n) is 3.43. The molecule has 0 saturated heterocycles. The molecule has 2 aromatic heterocycles. The smallest absolute Gasteiger partial charge is 0.257 e. The first-order valence-electron chi connectivity index (χ1n) is 7.93. The molecular weight excluding hydrogens is 308 g/mol. The molecule has 0 aliphatic heterocycles. The fraction of sp³-hybridized carbons (Fsp3) is 0.444. The zero-order chi connectivity index (χ0) is 17.7. The fourth-order valence-electron chi connectivity index (χ4n) is 2.34. The standard InChI is InChI=1S/C18H24N2O4/c1-13-15(8-11-23-13)17(22)20(12-14-6-5-10-24-14)9-7-16(21)19-18(2,3)4/h5-6,8,10-11H,7,9,12H2,1-4H3,(H,19,21). The second kappa shape index (κ2) is 7.38. The Morgan fingerprint density at radius 2 is 1.92 bits per heavy atom. The number of furan rings is 2. The van der Waals surface area contributed by atoms with Crippen molar-refractivity contribution in [1.82, 2.24) is 10.2 Å². The average molecular weight is 332 g/mol. The van der Waals surface area contributed by atoms with Crippen molar-refractivity contribution in [1.29, 1.82) is 0 Å². The van der Waals surface area contributed by atoms with E-state index in [4.69, 9.17) is 8.83 Å². The number of aryl methyl sites for hydroxylation is 1. The summed E-state index contributed by atoms with van der Waals surface area (Å²) in [6.07, 6.45) is 3.27. The summed E-state index contributed by atoms with van der Waals surface area (Å²) in [5.41, 5.74) is 0.200. The van der Waals surface area contributed by atoms with Crippen molar-refractivity contribution in [2.45, 2.75) is 46.2 Å². The maximum Gasteiger partial charge on any atom is 0.257 e. The molecule has 0 fully saturated rings. The van der Waals surface area contributed by atoms with Crippen LogP contribution in [-0.2, 0) is 11.3 Å². The van der Waals surface area contributed by atoms with Crippen molar-refractivity contribution in [2.75, 3.05) is 6.54 Å². The van der Waals surface area contributed by atoms with Gasteiger partial charge in [-0.3, -0.25) is 9.59 Å². The van der Waals surface area contributed by atoms with Crippen LogP contribution in [0.1, 0.15) is 49.1 Å². The number of hydrogen-bond donors (Lipinski definition) is 1. The Morgan fingerprint density at radius 3 is 2.46 bits per heavy atom. The van der Waals surface area contributed by atoms with Crippen LogP contribution in [0.4, 0.5) is 0 Å². The second-order valence-corrected chi connectivity index (χ2v) is 6.74. The van der Waals surface area contributed by atoms with Gasteiger partial charge >= 0.3 is 0 Å². The van der Waals surface area contributed by atoms with Crippen LogP contribution in [0.5, 0.6) is 0 Å². The van der Waals surface area contributed by atoms with E-state index in [1.807, 2.05) is 20.8 Å². The Balaban J connectivity index is 2.07. The molecule has 130 valence electrons. The van der Waals surface area contributed by atoms with Crippen LogP contribution < -0.4 is 5.32 Å². The van der Waals surface area contributed by atoms with E-state index in [0.29, 0.717) is 30.2 Å². The summed E-state index contributed by atoms with van der Waals surface area (Å²) in [4.78, 5) is 26.4. The zero-order valence-electron chi connectivity index (χ0n) is 14.6. The quantitative estimate of drug-likeness (QED) is 0.882. The predicted molar refractivity (Wildman–Crippen MR) is 89.4 cm³/mol. The van der Waals surface area contributed by atoms with Crippen LogP contribution in [-0.4, -0.2) is 28.8 Å². The molecule has 0 aliphatic carbocycles. The minimum atomic E-state index is -0.298. The Hall–Kier alpha value is -2.50. The average Bonchev–Trinajstić information content (AvgIpc) is 3.12. The fourth-order valence-corrected chi connectivity index (χ4v) is 2.34. The first kappa shape index (κ1) is 17.8. The second-order valence-electron chi connectivity index (χ2n) is 6.74. The van der Waals surface area contributed by atoms with E-state index in [2.05, 4.69) is 5.32 Å². The van der Waals surface area contributed by atoms with Crippen LogP contribution in [0.3, 0.4) is 0 Å². The SMILES string of the molecule is Cc1occc1C(=O)N(CCC(=O)NC(C)(C)C)Cc1ccco1. The highest BCUT2D eigenvalue weighted by molar-refractivity contribution is 5.95. The van der Waals surface area contributed by atoms with Crippen LogP contribution in [0.2, 0.25) is 0 Å². The van der Waals surface area contributed by atoms with E-state index >= 15 is 0 Å². The summed E-state index contributed by atoms with van der Waals surface area (Å²) in [5, 5.41) is 2.90. The lowest BCUT2D eigenvalue weighted by molar-refractivity contribution is -0.122. The van der Waals surface area contributed by atoms with E-state index in [-0.39, 0.29) is 23.8 Å². The summed E-state index contributed by atoms with van der Waals surface area (Å²) in [6.45, 7) is 8.11. The number of nitrogens with zero attached hydrogens (tertiary/aromatic N) is 1. The van der Waals surface area contributed by atoms with Crippen LogP contribution in [0.15, 0.2) is 39.6 Å². The molecule has 0 bridgehead atoms. The largest absolute Gasteiger partial charge is 0.469 e. The highest BCUT2D eigenvalue weighted by atomic mass is 16.3. The van der Waals surface area contributed by atoms with Gasteiger partial charge in [0, 0.05) is 18.5 Å². The number of amides is 2. The number of nitrogens with one attached hydrogen (secondary N) is 1. The molecule has 6 heteroatoms. The van der Waals surface area contributed by atoms with Crippen LogP contribution >= 0.6 is 0 Å². The highest BCUT2D eigenvalue weighted by Gasteiger charge is 2.22. The van der Waals surface area contributed by atoms with Crippen molar-refractivity contribution >= 4 is 11.8 Å². The molecule has 1 N–H and O–H groups in total. The van der Waals surface area contributed by atoms with Gasteiger partial charge in [-0.05, 0) is 45.9 Å². The summed E-state index contributed by atoms with van der Waals surface area (Å²) < 4.78 is 10.5. The first-order chi connectivity index (χ1) is 11.3. The Labute approximate surface area is 141 Å². The van der Waals surface area contributed by atoms with Gasteiger partial charge in [-0.15, -0.1) is 0 Å². The van der Waals surface area contributed by atoms with E-state index in [1.165, 1.54) is 6.26 Å². The van der Waals surface area contributed by atoms with Crippen LogP contribution in [0.25, 0.3) is 0 Å². The van der Waals surface area contributed by atoms with Crippen molar-refractivity contribution < 1.29 is 18.4 Å². The Kier molecular flexibility index (Phi) is 5.49. The maximum absolute atomic E-state index is 12.7. The van der Waals surface area contributed by atoms with Gasteiger partial charge < -0.3 is 19.1 Å². The molecule has 0 radical (unpaired) electrons. The minimum Gasteiger partial charge on any atom is -0.469 e. The molecule has 2 rings (SSSR count). The normalized spacial score (nSPS) is 11.3. The van der Waals surface area contributed by atoms with Crippen molar-refractivity contribution in [2.24, 2.45) is 0 Å². The minimum absolute atomic E-state index is 0.0938. The summed E-state index contributed by atoms with van der Waals surface area (Å²) in [6, 6.07) is 5.22. The van der Waals surface area contributed by atoms with E-state index < -0.39 is 0 Å². The van der Waals surface area contributed by atoms with Gasteiger partial charge in [0.25, 0.3) is 5.91 Å². The molecule has 24 heavy (non-hydrogen) atoms. The molecule has 0 unspecified atom stereocenters. The molecule has 0 spiro atoms. The van der Waals surface area contributed by atoms with Gasteiger partial charge in [0.05, 0.1) is 24.6 Å². The zero-order valence-corrected chi connectivity index (χ0v) is 14.6. The van der Waals surface area contributed by atoms with Gasteiger partial charge in [0.15, 0.2) is 0 Å².